The van der Waals surface area contributed by atoms with Crippen molar-refractivity contribution in [2.24, 2.45) is 0 Å². The van der Waals surface area contributed by atoms with Crippen molar-refractivity contribution < 1.29 is 0 Å². The zero-order valence-corrected chi connectivity index (χ0v) is 13.0. The average molecular weight is 337 g/mol. The summed E-state index contributed by atoms with van der Waals surface area (Å²) in [6, 6.07) is 14.0. The Kier molecular flexibility index (Phi) is 5.16. The Morgan fingerprint density at radius 2 is 1.79 bits per heavy atom. The van der Waals surface area contributed by atoms with E-state index in [1.54, 1.807) is 0 Å². The van der Waals surface area contributed by atoms with Gasteiger partial charge in [0.15, 0.2) is 0 Å². The first-order valence-corrected chi connectivity index (χ1v) is 7.95. The van der Waals surface area contributed by atoms with Crippen LogP contribution in [0.3, 0.4) is 0 Å². The molecule has 0 amide bonds. The lowest BCUT2D eigenvalue weighted by molar-refractivity contribution is 0.933. The first-order chi connectivity index (χ1) is 9.15. The Balaban J connectivity index is 1.81. The monoisotopic (exact) mass is 336 g/mol. The van der Waals surface area contributed by atoms with Crippen molar-refractivity contribution in [2.75, 3.05) is 17.2 Å². The van der Waals surface area contributed by atoms with Gasteiger partial charge in [0.1, 0.15) is 0 Å². The van der Waals surface area contributed by atoms with Gasteiger partial charge in [-0.1, -0.05) is 12.1 Å². The van der Waals surface area contributed by atoms with Gasteiger partial charge in [-0.05, 0) is 70.4 Å². The Labute approximate surface area is 126 Å². The van der Waals surface area contributed by atoms with Gasteiger partial charge in [0.05, 0.1) is 0 Å². The third-order valence-corrected chi connectivity index (χ3v) is 4.85. The minimum Gasteiger partial charge on any atom is -0.399 e. The van der Waals surface area contributed by atoms with Crippen LogP contribution in [-0.2, 0) is 6.42 Å². The highest BCUT2D eigenvalue weighted by molar-refractivity contribution is 9.10. The van der Waals surface area contributed by atoms with E-state index >= 15 is 0 Å². The van der Waals surface area contributed by atoms with Crippen molar-refractivity contribution in [1.29, 1.82) is 0 Å². The van der Waals surface area contributed by atoms with Gasteiger partial charge in [0, 0.05) is 20.7 Å². The lowest BCUT2D eigenvalue weighted by Gasteiger charge is -2.06. The fourth-order valence-corrected chi connectivity index (χ4v) is 3.45. The zero-order chi connectivity index (χ0) is 13.7. The van der Waals surface area contributed by atoms with Gasteiger partial charge in [-0.25, -0.2) is 0 Å². The first kappa shape index (κ1) is 14.3. The van der Waals surface area contributed by atoms with Crippen molar-refractivity contribution in [1.82, 2.24) is 0 Å². The summed E-state index contributed by atoms with van der Waals surface area (Å²) in [4.78, 5) is 1.24. The SMILES string of the molecule is Nc1cccc(CCCSc2ccc(N)cc2Br)c1. The van der Waals surface area contributed by atoms with Crippen molar-refractivity contribution in [3.63, 3.8) is 0 Å². The third-order valence-electron chi connectivity index (χ3n) is 2.77. The van der Waals surface area contributed by atoms with Gasteiger partial charge >= 0.3 is 0 Å². The highest BCUT2D eigenvalue weighted by atomic mass is 79.9. The van der Waals surface area contributed by atoms with E-state index in [1.807, 2.05) is 42.1 Å². The number of rotatable bonds is 5. The van der Waals surface area contributed by atoms with E-state index in [9.17, 15) is 0 Å². The summed E-state index contributed by atoms with van der Waals surface area (Å²) in [5.74, 6) is 1.08. The van der Waals surface area contributed by atoms with Crippen LogP contribution in [0.4, 0.5) is 11.4 Å². The highest BCUT2D eigenvalue weighted by Gasteiger charge is 2.01. The van der Waals surface area contributed by atoms with Crippen LogP contribution in [0.25, 0.3) is 0 Å². The van der Waals surface area contributed by atoms with Crippen LogP contribution >= 0.6 is 27.7 Å². The largest absolute Gasteiger partial charge is 0.399 e. The third kappa shape index (κ3) is 4.48. The molecular formula is C15H17BrN2S. The quantitative estimate of drug-likeness (QED) is 0.485. The van der Waals surface area contributed by atoms with E-state index in [0.29, 0.717) is 0 Å². The molecule has 0 radical (unpaired) electrons. The molecule has 0 saturated carbocycles. The zero-order valence-electron chi connectivity index (χ0n) is 10.6. The van der Waals surface area contributed by atoms with Crippen LogP contribution in [-0.4, -0.2) is 5.75 Å². The van der Waals surface area contributed by atoms with E-state index in [2.05, 4.69) is 28.1 Å². The smallest absolute Gasteiger partial charge is 0.0331 e. The molecule has 0 spiro atoms. The number of anilines is 2. The summed E-state index contributed by atoms with van der Waals surface area (Å²) in [5.41, 5.74) is 14.4. The predicted molar refractivity (Wildman–Crippen MR) is 88.5 cm³/mol. The van der Waals surface area contributed by atoms with Crippen molar-refractivity contribution in [3.05, 3.63) is 52.5 Å². The molecule has 2 rings (SSSR count). The molecule has 2 aromatic carbocycles. The van der Waals surface area contributed by atoms with E-state index in [0.717, 1.165) is 34.4 Å². The summed E-state index contributed by atoms with van der Waals surface area (Å²) >= 11 is 5.38. The molecule has 0 unspecified atom stereocenters. The summed E-state index contributed by atoms with van der Waals surface area (Å²) in [7, 11) is 0. The summed E-state index contributed by atoms with van der Waals surface area (Å²) in [6.07, 6.45) is 2.19. The van der Waals surface area contributed by atoms with Crippen LogP contribution in [0.2, 0.25) is 0 Å². The van der Waals surface area contributed by atoms with Crippen molar-refractivity contribution in [3.8, 4) is 0 Å². The second-order valence-electron chi connectivity index (χ2n) is 4.39. The van der Waals surface area contributed by atoms with Crippen LogP contribution in [0.1, 0.15) is 12.0 Å². The van der Waals surface area contributed by atoms with E-state index < -0.39 is 0 Å². The molecule has 0 heterocycles. The normalized spacial score (nSPS) is 10.6. The molecule has 100 valence electrons. The van der Waals surface area contributed by atoms with Crippen LogP contribution < -0.4 is 11.5 Å². The number of nitrogens with two attached hydrogens (primary N) is 2. The van der Waals surface area contributed by atoms with Gasteiger partial charge in [-0.15, -0.1) is 11.8 Å². The maximum absolute atomic E-state index is 5.76. The number of thioether (sulfide) groups is 1. The van der Waals surface area contributed by atoms with Gasteiger partial charge in [0.2, 0.25) is 0 Å². The summed E-state index contributed by atoms with van der Waals surface area (Å²) in [5, 5.41) is 0. The fourth-order valence-electron chi connectivity index (χ4n) is 1.84. The number of aryl methyl sites for hydroxylation is 1. The number of hydrogen-bond acceptors (Lipinski definition) is 3. The van der Waals surface area contributed by atoms with E-state index in [-0.39, 0.29) is 0 Å². The number of nitrogen functional groups attached to an aromatic ring is 2. The van der Waals surface area contributed by atoms with Gasteiger partial charge in [0.25, 0.3) is 0 Å². The maximum atomic E-state index is 5.76. The molecule has 2 aromatic rings. The Bertz CT molecular complexity index is 558. The van der Waals surface area contributed by atoms with Gasteiger partial charge in [-0.3, -0.25) is 0 Å². The molecule has 0 aliphatic heterocycles. The van der Waals surface area contributed by atoms with Gasteiger partial charge < -0.3 is 11.5 Å². The Hall–Kier alpha value is -1.13. The number of hydrogen-bond donors (Lipinski definition) is 2. The van der Waals surface area contributed by atoms with Gasteiger partial charge in [-0.2, -0.15) is 0 Å². The van der Waals surface area contributed by atoms with Crippen molar-refractivity contribution in [2.45, 2.75) is 17.7 Å². The Morgan fingerprint density at radius 1 is 1.00 bits per heavy atom. The minimum absolute atomic E-state index is 0.788. The van der Waals surface area contributed by atoms with Crippen LogP contribution in [0, 0.1) is 0 Å². The minimum atomic E-state index is 0.788. The molecule has 0 bridgehead atoms. The van der Waals surface area contributed by atoms with E-state index in [4.69, 9.17) is 11.5 Å². The number of benzene rings is 2. The van der Waals surface area contributed by atoms with Crippen molar-refractivity contribution >= 4 is 39.1 Å². The first-order valence-electron chi connectivity index (χ1n) is 6.17. The average Bonchev–Trinajstić information content (AvgIpc) is 2.37. The fraction of sp³-hybridized carbons (Fsp3) is 0.200. The summed E-state index contributed by atoms with van der Waals surface area (Å²) in [6.45, 7) is 0. The lowest BCUT2D eigenvalue weighted by atomic mass is 10.1. The second-order valence-corrected chi connectivity index (χ2v) is 6.38. The Morgan fingerprint density at radius 3 is 2.53 bits per heavy atom. The van der Waals surface area contributed by atoms with Crippen LogP contribution in [0.5, 0.6) is 0 Å². The molecule has 0 fully saturated rings. The molecular weight excluding hydrogens is 320 g/mol. The maximum Gasteiger partial charge on any atom is 0.0331 e. The highest BCUT2D eigenvalue weighted by Crippen LogP contribution is 2.29. The van der Waals surface area contributed by atoms with Crippen LogP contribution in [0.15, 0.2) is 51.8 Å². The molecule has 4 heteroatoms. The topological polar surface area (TPSA) is 52.0 Å². The lowest BCUT2D eigenvalue weighted by Crippen LogP contribution is -1.91. The number of halogens is 1. The summed E-state index contributed by atoms with van der Waals surface area (Å²) < 4.78 is 1.07. The molecule has 0 saturated heterocycles. The molecule has 2 nitrogen and oxygen atoms in total. The van der Waals surface area contributed by atoms with E-state index in [1.165, 1.54) is 10.5 Å². The molecule has 0 atom stereocenters. The molecule has 4 N–H and O–H groups in total. The standard InChI is InChI=1S/C15H17BrN2S/c16-14-10-13(18)6-7-15(14)19-8-2-4-11-3-1-5-12(17)9-11/h1,3,5-7,9-10H,2,4,8,17-18H2. The molecule has 19 heavy (non-hydrogen) atoms. The molecule has 0 aliphatic carbocycles. The molecule has 0 aliphatic rings. The second kappa shape index (κ2) is 6.87. The molecule has 0 aromatic heterocycles. The predicted octanol–water partition coefficient (Wildman–Crippen LogP) is 4.34.